The van der Waals surface area contributed by atoms with Crippen LogP contribution in [0, 0.1) is 0 Å². The summed E-state index contributed by atoms with van der Waals surface area (Å²) in [5.74, 6) is 1.56. The third kappa shape index (κ3) is 9.99. The number of amides is 4. The van der Waals surface area contributed by atoms with Crippen molar-refractivity contribution in [3.05, 3.63) is 88.0 Å². The maximum Gasteiger partial charge on any atom is 0.253 e. The number of likely N-dealkylation sites (tertiary alicyclic amines) is 1. The minimum absolute atomic E-state index is 0.165. The summed E-state index contributed by atoms with van der Waals surface area (Å²) in [6.45, 7) is 9.16. The lowest BCUT2D eigenvalue weighted by molar-refractivity contribution is -0.134. The highest BCUT2D eigenvalue weighted by molar-refractivity contribution is 9.10. The summed E-state index contributed by atoms with van der Waals surface area (Å²) in [6.07, 6.45) is 4.44. The number of hydrogen-bond donors (Lipinski definition) is 5. The van der Waals surface area contributed by atoms with Gasteiger partial charge in [0, 0.05) is 63.3 Å². The van der Waals surface area contributed by atoms with E-state index in [2.05, 4.69) is 95.4 Å². The first-order valence-electron chi connectivity index (χ1n) is 20.5. The van der Waals surface area contributed by atoms with Crippen LogP contribution >= 0.6 is 15.9 Å². The van der Waals surface area contributed by atoms with Gasteiger partial charge in [-0.3, -0.25) is 29.4 Å². The largest absolute Gasteiger partial charge is 0.494 e. The summed E-state index contributed by atoms with van der Waals surface area (Å²) in [4.78, 5) is 65.5. The molecule has 1 atom stereocenters. The van der Waals surface area contributed by atoms with Crippen LogP contribution in [-0.4, -0.2) is 109 Å². The van der Waals surface area contributed by atoms with Crippen molar-refractivity contribution < 1.29 is 23.9 Å². The second kappa shape index (κ2) is 19.1. The van der Waals surface area contributed by atoms with Crippen molar-refractivity contribution in [3.8, 4) is 5.75 Å². The van der Waals surface area contributed by atoms with Crippen LogP contribution in [0.4, 0.5) is 34.5 Å². The Morgan fingerprint density at radius 3 is 2.35 bits per heavy atom. The monoisotopic (exact) mass is 880 g/mol. The first-order valence-corrected chi connectivity index (χ1v) is 21.3. The lowest BCUT2D eigenvalue weighted by Gasteiger charge is -2.39. The van der Waals surface area contributed by atoms with E-state index in [0.29, 0.717) is 84.7 Å². The Morgan fingerprint density at radius 1 is 0.933 bits per heavy atom. The minimum Gasteiger partial charge on any atom is -0.494 e. The number of para-hydroxylation sites is 1. The van der Waals surface area contributed by atoms with Gasteiger partial charge in [-0.25, -0.2) is 4.98 Å². The number of halogens is 1. The molecule has 7 rings (SSSR count). The molecule has 0 aliphatic carbocycles. The zero-order chi connectivity index (χ0) is 42.3. The van der Waals surface area contributed by atoms with Crippen molar-refractivity contribution in [3.63, 3.8) is 0 Å². The smallest absolute Gasteiger partial charge is 0.253 e. The predicted octanol–water partition coefficient (Wildman–Crippen LogP) is 5.96. The van der Waals surface area contributed by atoms with Gasteiger partial charge in [0.25, 0.3) is 5.91 Å². The van der Waals surface area contributed by atoms with Crippen LogP contribution in [0.25, 0.3) is 0 Å². The number of carbonyl (C=O) groups excluding carboxylic acids is 4. The van der Waals surface area contributed by atoms with E-state index in [-0.39, 0.29) is 29.5 Å². The van der Waals surface area contributed by atoms with Gasteiger partial charge in [0.05, 0.1) is 35.1 Å². The van der Waals surface area contributed by atoms with Crippen molar-refractivity contribution in [2.75, 3.05) is 80.8 Å². The number of nitrogens with one attached hydrogen (secondary N) is 5. The number of ether oxygens (including phenoxy) is 1. The first kappa shape index (κ1) is 42.4. The Bertz CT molecular complexity index is 2200. The molecular weight excluding hydrogens is 828 g/mol. The van der Waals surface area contributed by atoms with E-state index in [1.54, 1.807) is 26.4 Å². The fourth-order valence-electron chi connectivity index (χ4n) is 8.07. The molecule has 0 radical (unpaired) electrons. The SMILES string of the molecule is CNC(=O)c1ccccc1Nc1nc(Nc2cc(C(C)C)c(N3CCN(C(=O)CN4CCC(c5ccc(NC6CCC(=O)NC6=O)cc5)CC4)CC3)cc2OC)ncc1Br. The van der Waals surface area contributed by atoms with E-state index in [4.69, 9.17) is 9.72 Å². The van der Waals surface area contributed by atoms with Crippen molar-refractivity contribution in [1.82, 2.24) is 30.4 Å². The van der Waals surface area contributed by atoms with Gasteiger partial charge in [-0.15, -0.1) is 0 Å². The summed E-state index contributed by atoms with van der Waals surface area (Å²) in [5, 5.41) is 14.9. The fourth-order valence-corrected chi connectivity index (χ4v) is 8.36. The maximum absolute atomic E-state index is 13.6. The molecule has 0 spiro atoms. The number of nitrogens with zero attached hydrogens (tertiary/aromatic N) is 5. The van der Waals surface area contributed by atoms with Gasteiger partial charge in [0.1, 0.15) is 17.6 Å². The fraction of sp³-hybridized carbons (Fsp3) is 0.409. The van der Waals surface area contributed by atoms with Crippen LogP contribution in [-0.2, 0) is 14.4 Å². The summed E-state index contributed by atoms with van der Waals surface area (Å²) >= 11 is 3.54. The number of imide groups is 1. The van der Waals surface area contributed by atoms with Crippen LogP contribution in [0.5, 0.6) is 5.75 Å². The average molecular weight is 882 g/mol. The second-order valence-corrected chi connectivity index (χ2v) is 16.6. The van der Waals surface area contributed by atoms with Gasteiger partial charge in [-0.2, -0.15) is 4.98 Å². The van der Waals surface area contributed by atoms with E-state index < -0.39 is 6.04 Å². The van der Waals surface area contributed by atoms with Crippen LogP contribution in [0.15, 0.2) is 71.3 Å². The predicted molar refractivity (Wildman–Crippen MR) is 237 cm³/mol. The van der Waals surface area contributed by atoms with Crippen LogP contribution in [0.1, 0.15) is 72.9 Å². The number of anilines is 6. The number of aromatic nitrogens is 2. The van der Waals surface area contributed by atoms with Crippen LogP contribution < -0.4 is 36.2 Å². The Morgan fingerprint density at radius 2 is 1.67 bits per heavy atom. The summed E-state index contributed by atoms with van der Waals surface area (Å²) in [6, 6.07) is 19.2. The zero-order valence-electron chi connectivity index (χ0n) is 34.5. The quantitative estimate of drug-likeness (QED) is 0.1000. The van der Waals surface area contributed by atoms with Crippen LogP contribution in [0.3, 0.4) is 0 Å². The third-order valence-corrected chi connectivity index (χ3v) is 12.1. The molecule has 4 heterocycles. The van der Waals surface area contributed by atoms with Gasteiger partial charge in [0.2, 0.25) is 23.7 Å². The molecule has 3 saturated heterocycles. The van der Waals surface area contributed by atoms with Gasteiger partial charge in [-0.1, -0.05) is 38.1 Å². The van der Waals surface area contributed by atoms with Crippen molar-refractivity contribution in [1.29, 1.82) is 0 Å². The molecule has 4 amide bonds. The molecule has 16 heteroatoms. The topological polar surface area (TPSA) is 173 Å². The second-order valence-electron chi connectivity index (χ2n) is 15.7. The molecule has 3 aromatic carbocycles. The van der Waals surface area contributed by atoms with Gasteiger partial charge in [-0.05, 0) is 102 Å². The lowest BCUT2D eigenvalue weighted by Crippen LogP contribution is -2.52. The van der Waals surface area contributed by atoms with E-state index >= 15 is 0 Å². The highest BCUT2D eigenvalue weighted by Gasteiger charge is 2.29. The van der Waals surface area contributed by atoms with E-state index in [0.717, 1.165) is 48.6 Å². The molecule has 3 aliphatic rings. The van der Waals surface area contributed by atoms with Crippen LogP contribution in [0.2, 0.25) is 0 Å². The molecule has 1 unspecified atom stereocenters. The summed E-state index contributed by atoms with van der Waals surface area (Å²) in [5.41, 5.74) is 6.16. The standard InChI is InChI=1S/C44H53BrN10O5/c1-27(2)32-23-36(50-44-47-25-33(45)41(52-44)49-34-8-6-5-7-31(34)42(58)46-3)38(60-4)24-37(32)54-19-21-55(22-20-54)40(57)26-53-17-15-29(16-18-53)28-9-11-30(12-10-28)48-35-13-14-39(56)51-43(35)59/h5-12,23-25,27,29,35,48H,13-22,26H2,1-4H3,(H,46,58)(H,51,56,59)(H2,47,49,50,52). The molecule has 0 bridgehead atoms. The van der Waals surface area contributed by atoms with E-state index in [1.807, 2.05) is 35.2 Å². The summed E-state index contributed by atoms with van der Waals surface area (Å²) < 4.78 is 6.53. The van der Waals surface area contributed by atoms with Gasteiger partial charge in [0.15, 0.2) is 0 Å². The molecule has 15 nitrogen and oxygen atoms in total. The van der Waals surface area contributed by atoms with Crippen molar-refractivity contribution >= 4 is 74.1 Å². The molecule has 3 aliphatic heterocycles. The van der Waals surface area contributed by atoms with E-state index in [9.17, 15) is 19.2 Å². The first-order chi connectivity index (χ1) is 29.0. The normalized spacial score (nSPS) is 17.6. The van der Waals surface area contributed by atoms with Gasteiger partial charge >= 0.3 is 0 Å². The number of piperazine rings is 1. The third-order valence-electron chi connectivity index (χ3n) is 11.5. The molecule has 60 heavy (non-hydrogen) atoms. The summed E-state index contributed by atoms with van der Waals surface area (Å²) in [7, 11) is 3.24. The van der Waals surface area contributed by atoms with Crippen molar-refractivity contribution in [2.45, 2.75) is 57.4 Å². The highest BCUT2D eigenvalue weighted by Crippen LogP contribution is 2.39. The molecule has 0 saturated carbocycles. The van der Waals surface area contributed by atoms with Gasteiger partial charge < -0.3 is 35.8 Å². The molecule has 5 N–H and O–H groups in total. The molecule has 1 aromatic heterocycles. The number of piperidine rings is 2. The van der Waals surface area contributed by atoms with E-state index in [1.165, 1.54) is 5.56 Å². The molecule has 316 valence electrons. The highest BCUT2D eigenvalue weighted by atomic mass is 79.9. The molecule has 3 fully saturated rings. The lowest BCUT2D eigenvalue weighted by atomic mass is 9.89. The number of benzene rings is 3. The number of carbonyl (C=O) groups is 4. The Labute approximate surface area is 359 Å². The minimum atomic E-state index is -0.402. The Hall–Kier alpha value is -5.74. The molecular formula is C44H53BrN10O5. The number of rotatable bonds is 13. The van der Waals surface area contributed by atoms with Crippen molar-refractivity contribution in [2.24, 2.45) is 0 Å². The average Bonchev–Trinajstić information content (AvgIpc) is 3.26. The number of hydrogen-bond acceptors (Lipinski definition) is 12. The zero-order valence-corrected chi connectivity index (χ0v) is 36.1. The molecule has 4 aromatic rings. The number of methoxy groups -OCH3 is 1. The Kier molecular flexibility index (Phi) is 13.5. The maximum atomic E-state index is 13.6. The Balaban J connectivity index is 0.928.